The number of benzene rings is 1. The molecule has 0 aromatic heterocycles. The van der Waals surface area contributed by atoms with Crippen LogP contribution in [-0.4, -0.2) is 14.2 Å². The lowest BCUT2D eigenvalue weighted by molar-refractivity contribution is -0.138. The zero-order chi connectivity index (χ0) is 12.3. The molecule has 1 rings (SSSR count). The highest BCUT2D eigenvalue weighted by molar-refractivity contribution is 5.54. The summed E-state index contributed by atoms with van der Waals surface area (Å²) in [6.07, 6.45) is -4.59. The molecule has 0 amide bonds. The molecule has 0 aliphatic rings. The van der Waals surface area contributed by atoms with Crippen LogP contribution in [0.15, 0.2) is 12.1 Å². The summed E-state index contributed by atoms with van der Waals surface area (Å²) in [4.78, 5) is 0. The minimum Gasteiger partial charge on any atom is -0.497 e. The Morgan fingerprint density at radius 2 is 1.81 bits per heavy atom. The van der Waals surface area contributed by atoms with E-state index >= 15 is 0 Å². The van der Waals surface area contributed by atoms with Gasteiger partial charge in [0.25, 0.3) is 0 Å². The molecule has 16 heavy (non-hydrogen) atoms. The van der Waals surface area contributed by atoms with Gasteiger partial charge in [0.1, 0.15) is 23.1 Å². The minimum absolute atomic E-state index is 0.0373. The molecule has 0 unspecified atom stereocenters. The first-order valence-corrected chi connectivity index (χ1v) is 4.17. The first kappa shape index (κ1) is 12.2. The van der Waals surface area contributed by atoms with Crippen LogP contribution >= 0.6 is 0 Å². The molecule has 0 aliphatic carbocycles. The molecule has 1 aromatic carbocycles. The number of nitriles is 1. The van der Waals surface area contributed by atoms with E-state index in [4.69, 9.17) is 5.26 Å². The number of alkyl halides is 3. The fraction of sp³-hybridized carbons (Fsp3) is 0.300. The van der Waals surface area contributed by atoms with Gasteiger partial charge in [-0.2, -0.15) is 18.4 Å². The topological polar surface area (TPSA) is 42.2 Å². The maximum Gasteiger partial charge on any atom is 0.420 e. The van der Waals surface area contributed by atoms with Gasteiger partial charge in [-0.25, -0.2) is 0 Å². The molecule has 0 bridgehead atoms. The summed E-state index contributed by atoms with van der Waals surface area (Å²) in [6.45, 7) is 0. The van der Waals surface area contributed by atoms with E-state index in [2.05, 4.69) is 9.47 Å². The van der Waals surface area contributed by atoms with E-state index in [1.54, 1.807) is 6.07 Å². The largest absolute Gasteiger partial charge is 0.497 e. The van der Waals surface area contributed by atoms with E-state index in [0.29, 0.717) is 0 Å². The van der Waals surface area contributed by atoms with Crippen molar-refractivity contribution in [3.63, 3.8) is 0 Å². The van der Waals surface area contributed by atoms with E-state index < -0.39 is 17.5 Å². The number of hydrogen-bond acceptors (Lipinski definition) is 3. The van der Waals surface area contributed by atoms with Crippen LogP contribution in [0.5, 0.6) is 11.5 Å². The third kappa shape index (κ3) is 2.19. The van der Waals surface area contributed by atoms with Gasteiger partial charge in [-0.3, -0.25) is 0 Å². The Kier molecular flexibility index (Phi) is 3.28. The molecule has 0 saturated carbocycles. The van der Waals surface area contributed by atoms with Crippen molar-refractivity contribution in [3.05, 3.63) is 23.3 Å². The van der Waals surface area contributed by atoms with Gasteiger partial charge < -0.3 is 9.47 Å². The van der Waals surface area contributed by atoms with E-state index in [1.165, 1.54) is 13.2 Å². The molecule has 3 nitrogen and oxygen atoms in total. The molecule has 6 heteroatoms. The second kappa shape index (κ2) is 4.31. The number of rotatable bonds is 2. The van der Waals surface area contributed by atoms with Crippen LogP contribution in [0.2, 0.25) is 0 Å². The van der Waals surface area contributed by atoms with Crippen LogP contribution < -0.4 is 9.47 Å². The zero-order valence-electron chi connectivity index (χ0n) is 8.55. The molecule has 1 aromatic rings. The van der Waals surface area contributed by atoms with E-state index in [9.17, 15) is 13.2 Å². The molecule has 0 fully saturated rings. The molecule has 0 aliphatic heterocycles. The third-order valence-corrected chi connectivity index (χ3v) is 1.93. The summed E-state index contributed by atoms with van der Waals surface area (Å²) in [7, 11) is 2.31. The lowest BCUT2D eigenvalue weighted by atomic mass is 10.1. The van der Waals surface area contributed by atoms with Crippen LogP contribution in [0, 0.1) is 11.3 Å². The Morgan fingerprint density at radius 1 is 1.19 bits per heavy atom. The Bertz CT molecular complexity index is 435. The minimum atomic E-state index is -4.59. The Hall–Kier alpha value is -1.90. The fourth-order valence-corrected chi connectivity index (χ4v) is 1.23. The smallest absolute Gasteiger partial charge is 0.420 e. The maximum absolute atomic E-state index is 12.6. The summed E-state index contributed by atoms with van der Waals surface area (Å²) in [5.74, 6) is -0.527. The Labute approximate surface area is 90.0 Å². The summed E-state index contributed by atoms with van der Waals surface area (Å²) in [5, 5.41) is 8.71. The average Bonchev–Trinajstić information content (AvgIpc) is 2.25. The Balaban J connectivity index is 3.51. The molecular formula is C10H8F3NO2. The molecule has 0 atom stereocenters. The van der Waals surface area contributed by atoms with Crippen LogP contribution in [0.4, 0.5) is 13.2 Å². The van der Waals surface area contributed by atoms with Gasteiger partial charge in [0, 0.05) is 6.07 Å². The normalized spacial score (nSPS) is 10.8. The third-order valence-electron chi connectivity index (χ3n) is 1.93. The number of nitrogens with zero attached hydrogens (tertiary/aromatic N) is 1. The van der Waals surface area contributed by atoms with Gasteiger partial charge in [-0.05, 0) is 6.07 Å². The van der Waals surface area contributed by atoms with Gasteiger partial charge in [0.15, 0.2) is 0 Å². The molecular weight excluding hydrogens is 223 g/mol. The van der Waals surface area contributed by atoms with Gasteiger partial charge in [0.05, 0.1) is 19.8 Å². The summed E-state index contributed by atoms with van der Waals surface area (Å²) < 4.78 is 47.1. The van der Waals surface area contributed by atoms with Crippen LogP contribution in [-0.2, 0) is 6.18 Å². The van der Waals surface area contributed by atoms with Crippen molar-refractivity contribution in [1.82, 2.24) is 0 Å². The van der Waals surface area contributed by atoms with Gasteiger partial charge in [-0.1, -0.05) is 0 Å². The van der Waals surface area contributed by atoms with Crippen LogP contribution in [0.1, 0.15) is 11.1 Å². The van der Waals surface area contributed by atoms with E-state index in [-0.39, 0.29) is 11.3 Å². The summed E-state index contributed by atoms with van der Waals surface area (Å²) in [5.41, 5.74) is -1.24. The zero-order valence-corrected chi connectivity index (χ0v) is 8.55. The highest BCUT2D eigenvalue weighted by Gasteiger charge is 2.36. The monoisotopic (exact) mass is 231 g/mol. The van der Waals surface area contributed by atoms with Crippen LogP contribution in [0.3, 0.4) is 0 Å². The predicted octanol–water partition coefficient (Wildman–Crippen LogP) is 2.59. The molecule has 0 radical (unpaired) electrons. The first-order chi connectivity index (χ1) is 7.43. The van der Waals surface area contributed by atoms with Crippen molar-refractivity contribution in [2.24, 2.45) is 0 Å². The van der Waals surface area contributed by atoms with Crippen molar-refractivity contribution in [2.45, 2.75) is 6.18 Å². The van der Waals surface area contributed by atoms with Crippen molar-refractivity contribution in [1.29, 1.82) is 5.26 Å². The molecule has 0 saturated heterocycles. The van der Waals surface area contributed by atoms with E-state index in [1.807, 2.05) is 0 Å². The fourth-order valence-electron chi connectivity index (χ4n) is 1.23. The standard InChI is InChI=1S/C10H8F3NO2/c1-15-7-3-6(5-14)9(16-2)8(4-7)10(11,12)13/h3-4H,1-2H3. The van der Waals surface area contributed by atoms with Crippen molar-refractivity contribution < 1.29 is 22.6 Å². The van der Waals surface area contributed by atoms with Gasteiger partial charge in [-0.15, -0.1) is 0 Å². The highest BCUT2D eigenvalue weighted by atomic mass is 19.4. The lowest BCUT2D eigenvalue weighted by Crippen LogP contribution is -2.09. The Morgan fingerprint density at radius 3 is 2.19 bits per heavy atom. The summed E-state index contributed by atoms with van der Waals surface area (Å²) >= 11 is 0. The molecule has 86 valence electrons. The van der Waals surface area contributed by atoms with Crippen molar-refractivity contribution >= 4 is 0 Å². The number of methoxy groups -OCH3 is 2. The number of hydrogen-bond donors (Lipinski definition) is 0. The highest BCUT2D eigenvalue weighted by Crippen LogP contribution is 2.40. The molecule has 0 heterocycles. The molecule has 0 N–H and O–H groups in total. The average molecular weight is 231 g/mol. The lowest BCUT2D eigenvalue weighted by Gasteiger charge is -2.14. The van der Waals surface area contributed by atoms with Crippen molar-refractivity contribution in [2.75, 3.05) is 14.2 Å². The van der Waals surface area contributed by atoms with E-state index in [0.717, 1.165) is 13.2 Å². The van der Waals surface area contributed by atoms with Crippen LogP contribution in [0.25, 0.3) is 0 Å². The van der Waals surface area contributed by atoms with Gasteiger partial charge >= 0.3 is 6.18 Å². The SMILES string of the molecule is COc1cc(C#N)c(OC)c(C(F)(F)F)c1. The quantitative estimate of drug-likeness (QED) is 0.785. The molecule has 0 spiro atoms. The second-order valence-electron chi connectivity index (χ2n) is 2.87. The van der Waals surface area contributed by atoms with Crippen molar-refractivity contribution in [3.8, 4) is 17.6 Å². The predicted molar refractivity (Wildman–Crippen MR) is 49.3 cm³/mol. The number of ether oxygens (including phenoxy) is 2. The number of halogens is 3. The maximum atomic E-state index is 12.6. The second-order valence-corrected chi connectivity index (χ2v) is 2.87. The first-order valence-electron chi connectivity index (χ1n) is 4.17. The summed E-state index contributed by atoms with van der Waals surface area (Å²) in [6, 6.07) is 3.61. The van der Waals surface area contributed by atoms with Gasteiger partial charge in [0.2, 0.25) is 0 Å².